The monoisotopic (exact) mass is 489 g/mol. The van der Waals surface area contributed by atoms with E-state index in [1.165, 1.54) is 17.7 Å². The van der Waals surface area contributed by atoms with Crippen LogP contribution in [0, 0.1) is 0 Å². The van der Waals surface area contributed by atoms with Crippen LogP contribution in [0.15, 0.2) is 59.4 Å². The molecule has 0 saturated carbocycles. The summed E-state index contributed by atoms with van der Waals surface area (Å²) in [5.74, 6) is 0.308. The van der Waals surface area contributed by atoms with Crippen LogP contribution in [-0.2, 0) is 35.5 Å². The van der Waals surface area contributed by atoms with Crippen LogP contribution in [0.1, 0.15) is 27.2 Å². The number of pyridine rings is 1. The number of hydrogen-bond donors (Lipinski definition) is 0. The van der Waals surface area contributed by atoms with Gasteiger partial charge in [0.05, 0.1) is 30.0 Å². The van der Waals surface area contributed by atoms with Crippen LogP contribution >= 0.6 is 23.2 Å². The van der Waals surface area contributed by atoms with Crippen molar-refractivity contribution in [2.75, 3.05) is 20.8 Å². The number of para-hydroxylation sites is 1. The van der Waals surface area contributed by atoms with E-state index in [9.17, 15) is 9.59 Å². The van der Waals surface area contributed by atoms with Gasteiger partial charge >= 0.3 is 5.97 Å². The number of esters is 1. The quantitative estimate of drug-likeness (QED) is 0.376. The lowest BCUT2D eigenvalue weighted by molar-refractivity contribution is 0.0600. The number of nitrogens with zero attached hydrogens (tertiary/aromatic N) is 1. The molecule has 0 radical (unpaired) electrons. The molecular formula is C25H25Cl2NO5. The summed E-state index contributed by atoms with van der Waals surface area (Å²) in [6.45, 7) is 1.03. The second kappa shape index (κ2) is 11.9. The molecule has 0 bridgehead atoms. The molecule has 3 aromatic rings. The van der Waals surface area contributed by atoms with E-state index in [1.54, 1.807) is 19.2 Å². The number of carbonyl (C=O) groups excluding carboxylic acids is 1. The molecule has 174 valence electrons. The Kier molecular flexibility index (Phi) is 8.95. The standard InChI is InChI=1S/C25H25Cl2NO5/c1-31-14-12-18-5-3-4-6-23(18)33-16-22-20(26)15-21(27)24(29)28(22)13-11-17-7-9-19(10-8-17)25(30)32-2/h3-10,15H,11-14,16H2,1-2H3. The molecule has 0 aliphatic rings. The number of halogens is 2. The first-order chi connectivity index (χ1) is 15.9. The molecule has 0 unspecified atom stereocenters. The number of rotatable bonds is 10. The van der Waals surface area contributed by atoms with Crippen molar-refractivity contribution in [2.24, 2.45) is 0 Å². The smallest absolute Gasteiger partial charge is 0.337 e. The lowest BCUT2D eigenvalue weighted by Crippen LogP contribution is -2.26. The Hall–Kier alpha value is -2.80. The highest BCUT2D eigenvalue weighted by Crippen LogP contribution is 2.24. The van der Waals surface area contributed by atoms with Crippen LogP contribution in [0.5, 0.6) is 5.75 Å². The zero-order valence-electron chi connectivity index (χ0n) is 18.5. The van der Waals surface area contributed by atoms with Crippen molar-refractivity contribution >= 4 is 29.2 Å². The molecule has 0 aliphatic heterocycles. The highest BCUT2D eigenvalue weighted by atomic mass is 35.5. The summed E-state index contributed by atoms with van der Waals surface area (Å²) >= 11 is 12.6. The van der Waals surface area contributed by atoms with Crippen LogP contribution < -0.4 is 10.3 Å². The maximum absolute atomic E-state index is 12.8. The second-order valence-electron chi connectivity index (χ2n) is 7.32. The van der Waals surface area contributed by atoms with Crippen molar-refractivity contribution in [3.05, 3.63) is 97.4 Å². The van der Waals surface area contributed by atoms with Crippen molar-refractivity contribution in [1.29, 1.82) is 0 Å². The molecule has 0 atom stereocenters. The Morgan fingerprint density at radius 2 is 1.70 bits per heavy atom. The summed E-state index contributed by atoms with van der Waals surface area (Å²) < 4.78 is 17.5. The minimum atomic E-state index is -0.399. The van der Waals surface area contributed by atoms with Crippen molar-refractivity contribution < 1.29 is 19.0 Å². The number of benzene rings is 2. The Morgan fingerprint density at radius 1 is 0.970 bits per heavy atom. The highest BCUT2D eigenvalue weighted by molar-refractivity contribution is 6.34. The molecule has 0 saturated heterocycles. The summed E-state index contributed by atoms with van der Waals surface area (Å²) in [5, 5.41) is 0.403. The van der Waals surface area contributed by atoms with E-state index in [0.29, 0.717) is 48.0 Å². The molecule has 2 aromatic carbocycles. The topological polar surface area (TPSA) is 66.8 Å². The Labute approximate surface area is 202 Å². The van der Waals surface area contributed by atoms with Gasteiger partial charge in [0.15, 0.2) is 0 Å². The molecule has 0 N–H and O–H groups in total. The highest BCUT2D eigenvalue weighted by Gasteiger charge is 2.15. The first kappa shape index (κ1) is 24.8. The van der Waals surface area contributed by atoms with Gasteiger partial charge in [-0.25, -0.2) is 4.79 Å². The van der Waals surface area contributed by atoms with E-state index < -0.39 is 5.97 Å². The first-order valence-corrected chi connectivity index (χ1v) is 11.1. The zero-order valence-corrected chi connectivity index (χ0v) is 20.0. The van der Waals surface area contributed by atoms with Crippen LogP contribution in [0.3, 0.4) is 0 Å². The third-order valence-corrected chi connectivity index (χ3v) is 5.81. The van der Waals surface area contributed by atoms with Crippen LogP contribution in [0.25, 0.3) is 0 Å². The van der Waals surface area contributed by atoms with Crippen molar-refractivity contribution in [3.63, 3.8) is 0 Å². The lowest BCUT2D eigenvalue weighted by Gasteiger charge is -2.17. The fraction of sp³-hybridized carbons (Fsp3) is 0.280. The molecular weight excluding hydrogens is 465 g/mol. The van der Waals surface area contributed by atoms with Gasteiger partial charge in [-0.05, 0) is 48.2 Å². The fourth-order valence-electron chi connectivity index (χ4n) is 3.40. The van der Waals surface area contributed by atoms with E-state index >= 15 is 0 Å². The SMILES string of the molecule is COCCc1ccccc1OCc1c(Cl)cc(Cl)c(=O)n1CCc1ccc(C(=O)OC)cc1. The summed E-state index contributed by atoms with van der Waals surface area (Å²) in [6, 6.07) is 16.2. The number of methoxy groups -OCH3 is 2. The second-order valence-corrected chi connectivity index (χ2v) is 8.14. The Morgan fingerprint density at radius 3 is 2.39 bits per heavy atom. The van der Waals surface area contributed by atoms with E-state index in [1.807, 2.05) is 36.4 Å². The minimum absolute atomic E-state index is 0.0466. The van der Waals surface area contributed by atoms with E-state index in [-0.39, 0.29) is 17.2 Å². The predicted molar refractivity (Wildman–Crippen MR) is 129 cm³/mol. The minimum Gasteiger partial charge on any atom is -0.487 e. The van der Waals surface area contributed by atoms with Crippen molar-refractivity contribution in [2.45, 2.75) is 26.0 Å². The number of aromatic nitrogens is 1. The van der Waals surface area contributed by atoms with Gasteiger partial charge in [-0.1, -0.05) is 53.5 Å². The van der Waals surface area contributed by atoms with Crippen LogP contribution in [0.2, 0.25) is 10.0 Å². The van der Waals surface area contributed by atoms with Gasteiger partial charge in [0.25, 0.3) is 5.56 Å². The first-order valence-electron chi connectivity index (χ1n) is 10.4. The molecule has 6 nitrogen and oxygen atoms in total. The maximum atomic E-state index is 12.8. The average Bonchev–Trinajstić information content (AvgIpc) is 2.83. The summed E-state index contributed by atoms with van der Waals surface area (Å²) in [6.07, 6.45) is 1.24. The molecule has 1 aromatic heterocycles. The lowest BCUT2D eigenvalue weighted by atomic mass is 10.1. The molecule has 0 fully saturated rings. The maximum Gasteiger partial charge on any atom is 0.337 e. The summed E-state index contributed by atoms with van der Waals surface area (Å²) in [7, 11) is 2.99. The molecule has 3 rings (SSSR count). The molecule has 0 amide bonds. The van der Waals surface area contributed by atoms with Gasteiger partial charge in [0, 0.05) is 13.7 Å². The number of hydrogen-bond acceptors (Lipinski definition) is 5. The third kappa shape index (κ3) is 6.38. The average molecular weight is 490 g/mol. The molecule has 33 heavy (non-hydrogen) atoms. The number of ether oxygens (including phenoxy) is 3. The van der Waals surface area contributed by atoms with Crippen molar-refractivity contribution in [1.82, 2.24) is 4.57 Å². The van der Waals surface area contributed by atoms with Crippen LogP contribution in [0.4, 0.5) is 0 Å². The third-order valence-electron chi connectivity index (χ3n) is 5.22. The van der Waals surface area contributed by atoms with E-state index in [0.717, 1.165) is 11.1 Å². The van der Waals surface area contributed by atoms with Gasteiger partial charge in [0.2, 0.25) is 0 Å². The van der Waals surface area contributed by atoms with Crippen LogP contribution in [-0.4, -0.2) is 31.4 Å². The Bertz CT molecular complexity index is 1160. The van der Waals surface area contributed by atoms with Crippen molar-refractivity contribution in [3.8, 4) is 5.75 Å². The number of carbonyl (C=O) groups is 1. The molecule has 0 aliphatic carbocycles. The summed E-state index contributed by atoms with van der Waals surface area (Å²) in [5.41, 5.74) is 2.62. The van der Waals surface area contributed by atoms with Gasteiger partial charge < -0.3 is 18.8 Å². The molecule has 8 heteroatoms. The zero-order chi connectivity index (χ0) is 23.8. The van der Waals surface area contributed by atoms with E-state index in [2.05, 4.69) is 0 Å². The predicted octanol–water partition coefficient (Wildman–Crippen LogP) is 4.95. The van der Waals surface area contributed by atoms with Gasteiger partial charge in [-0.15, -0.1) is 0 Å². The largest absolute Gasteiger partial charge is 0.487 e. The number of aryl methyl sites for hydroxylation is 1. The van der Waals surface area contributed by atoms with E-state index in [4.69, 9.17) is 37.4 Å². The molecule has 1 heterocycles. The summed E-state index contributed by atoms with van der Waals surface area (Å²) in [4.78, 5) is 24.4. The Balaban J connectivity index is 1.80. The van der Waals surface area contributed by atoms with Gasteiger partial charge in [-0.3, -0.25) is 4.79 Å². The normalized spacial score (nSPS) is 10.8. The fourth-order valence-corrected chi connectivity index (χ4v) is 3.93. The molecule has 0 spiro atoms. The van der Waals surface area contributed by atoms with Gasteiger partial charge in [0.1, 0.15) is 17.4 Å². The van der Waals surface area contributed by atoms with Gasteiger partial charge in [-0.2, -0.15) is 0 Å².